The summed E-state index contributed by atoms with van der Waals surface area (Å²) >= 11 is 5.31. The van der Waals surface area contributed by atoms with E-state index in [-0.39, 0.29) is 5.82 Å². The van der Waals surface area contributed by atoms with Crippen LogP contribution in [0.1, 0.15) is 18.4 Å². The fourth-order valence-corrected chi connectivity index (χ4v) is 3.85. The fourth-order valence-electron chi connectivity index (χ4n) is 2.14. The summed E-state index contributed by atoms with van der Waals surface area (Å²) < 4.78 is 14.0. The third kappa shape index (κ3) is 4.98. The molecule has 1 unspecified atom stereocenters. The highest BCUT2D eigenvalue weighted by Crippen LogP contribution is 2.25. The van der Waals surface area contributed by atoms with E-state index in [1.54, 1.807) is 7.05 Å². The fraction of sp³-hybridized carbons (Fsp3) is 0.500. The van der Waals surface area contributed by atoms with E-state index < -0.39 is 0 Å². The van der Waals surface area contributed by atoms with Gasteiger partial charge in [0.05, 0.1) is 0 Å². The van der Waals surface area contributed by atoms with E-state index in [0.717, 1.165) is 22.5 Å². The zero-order valence-corrected chi connectivity index (χ0v) is 13.9. The van der Waals surface area contributed by atoms with E-state index in [4.69, 9.17) is 0 Å². The minimum absolute atomic E-state index is 0.235. The van der Waals surface area contributed by atoms with Gasteiger partial charge in [-0.3, -0.25) is 4.99 Å². The maximum atomic E-state index is 13.3. The van der Waals surface area contributed by atoms with Crippen LogP contribution in [-0.4, -0.2) is 30.6 Å². The Hall–Kier alpha value is -0.750. The molecule has 1 atom stereocenters. The average Bonchev–Trinajstić information content (AvgIpc) is 2.91. The third-order valence-electron chi connectivity index (χ3n) is 3.13. The molecule has 1 aromatic rings. The second kappa shape index (κ2) is 7.88. The molecule has 1 aliphatic heterocycles. The van der Waals surface area contributed by atoms with Gasteiger partial charge in [0.25, 0.3) is 0 Å². The predicted molar refractivity (Wildman–Crippen MR) is 87.8 cm³/mol. The zero-order valence-electron chi connectivity index (χ0n) is 11.5. The summed E-state index contributed by atoms with van der Waals surface area (Å²) in [5.41, 5.74) is 0.884. The number of hydrogen-bond donors (Lipinski definition) is 2. The molecule has 3 nitrogen and oxygen atoms in total. The topological polar surface area (TPSA) is 36.4 Å². The molecule has 110 valence electrons. The smallest absolute Gasteiger partial charge is 0.191 e. The molecule has 6 heteroatoms. The number of nitrogens with zero attached hydrogens (tertiary/aromatic N) is 1. The van der Waals surface area contributed by atoms with Gasteiger partial charge in [0, 0.05) is 29.9 Å². The quantitative estimate of drug-likeness (QED) is 0.640. The van der Waals surface area contributed by atoms with Gasteiger partial charge in [-0.15, -0.1) is 0 Å². The average molecular weight is 360 g/mol. The van der Waals surface area contributed by atoms with Crippen LogP contribution in [0.2, 0.25) is 0 Å². The van der Waals surface area contributed by atoms with E-state index in [1.807, 2.05) is 17.8 Å². The molecule has 0 saturated carbocycles. The SMILES string of the molecule is CN=C(NCc1cc(F)cc(Br)c1)NCC1CCCS1. The normalized spacial score (nSPS) is 19.1. The minimum Gasteiger partial charge on any atom is -0.355 e. The van der Waals surface area contributed by atoms with Gasteiger partial charge >= 0.3 is 0 Å². The Morgan fingerprint density at radius 3 is 2.95 bits per heavy atom. The first-order valence-corrected chi connectivity index (χ1v) is 8.52. The number of aliphatic imine (C=N–C) groups is 1. The summed E-state index contributed by atoms with van der Waals surface area (Å²) in [6.45, 7) is 1.48. The molecule has 1 saturated heterocycles. The van der Waals surface area contributed by atoms with Crippen LogP contribution in [0, 0.1) is 5.82 Å². The number of thioether (sulfide) groups is 1. The molecular weight excluding hydrogens is 341 g/mol. The van der Waals surface area contributed by atoms with Crippen LogP contribution in [0.5, 0.6) is 0 Å². The van der Waals surface area contributed by atoms with Crippen molar-refractivity contribution in [2.45, 2.75) is 24.6 Å². The molecule has 20 heavy (non-hydrogen) atoms. The van der Waals surface area contributed by atoms with Gasteiger partial charge in [-0.05, 0) is 42.4 Å². The van der Waals surface area contributed by atoms with Gasteiger partial charge in [-0.1, -0.05) is 15.9 Å². The first-order valence-electron chi connectivity index (χ1n) is 6.68. The molecule has 0 amide bonds. The number of nitrogens with one attached hydrogen (secondary N) is 2. The predicted octanol–water partition coefficient (Wildman–Crippen LogP) is 3.15. The Morgan fingerprint density at radius 1 is 1.45 bits per heavy atom. The Kier molecular flexibility index (Phi) is 6.16. The van der Waals surface area contributed by atoms with Crippen molar-refractivity contribution < 1.29 is 4.39 Å². The lowest BCUT2D eigenvalue weighted by Gasteiger charge is -2.15. The Bertz CT molecular complexity index is 455. The summed E-state index contributed by atoms with van der Waals surface area (Å²) in [6, 6.07) is 4.88. The van der Waals surface area contributed by atoms with Crippen LogP contribution in [0.25, 0.3) is 0 Å². The molecule has 1 aliphatic rings. The Labute approximate surface area is 131 Å². The largest absolute Gasteiger partial charge is 0.355 e. The summed E-state index contributed by atoms with van der Waals surface area (Å²) in [7, 11) is 1.75. The van der Waals surface area contributed by atoms with Crippen LogP contribution in [-0.2, 0) is 6.54 Å². The molecule has 0 bridgehead atoms. The minimum atomic E-state index is -0.235. The van der Waals surface area contributed by atoms with Crippen molar-refractivity contribution in [2.24, 2.45) is 4.99 Å². The summed E-state index contributed by atoms with van der Waals surface area (Å²) in [5.74, 6) is 1.79. The summed E-state index contributed by atoms with van der Waals surface area (Å²) in [6.07, 6.45) is 2.58. The van der Waals surface area contributed by atoms with Crippen molar-refractivity contribution >= 4 is 33.7 Å². The van der Waals surface area contributed by atoms with E-state index >= 15 is 0 Å². The zero-order chi connectivity index (χ0) is 14.4. The number of guanidine groups is 1. The lowest BCUT2D eigenvalue weighted by molar-refractivity contribution is 0.623. The van der Waals surface area contributed by atoms with Crippen molar-refractivity contribution in [1.29, 1.82) is 0 Å². The number of halogens is 2. The molecular formula is C14H19BrFN3S. The van der Waals surface area contributed by atoms with Crippen LogP contribution < -0.4 is 10.6 Å². The van der Waals surface area contributed by atoms with E-state index in [1.165, 1.54) is 30.7 Å². The molecule has 1 heterocycles. The second-order valence-electron chi connectivity index (χ2n) is 4.72. The van der Waals surface area contributed by atoms with Crippen molar-refractivity contribution in [3.05, 3.63) is 34.1 Å². The monoisotopic (exact) mass is 359 g/mol. The molecule has 2 N–H and O–H groups in total. The van der Waals surface area contributed by atoms with Gasteiger partial charge in [-0.25, -0.2) is 4.39 Å². The van der Waals surface area contributed by atoms with Crippen molar-refractivity contribution in [3.8, 4) is 0 Å². The van der Waals surface area contributed by atoms with Gasteiger partial charge in [0.1, 0.15) is 5.82 Å². The first kappa shape index (κ1) is 15.6. The van der Waals surface area contributed by atoms with Crippen molar-refractivity contribution in [2.75, 3.05) is 19.3 Å². The molecule has 1 fully saturated rings. The van der Waals surface area contributed by atoms with Gasteiger partial charge in [0.15, 0.2) is 5.96 Å². The number of rotatable bonds is 4. The second-order valence-corrected chi connectivity index (χ2v) is 7.04. The van der Waals surface area contributed by atoms with Gasteiger partial charge in [-0.2, -0.15) is 11.8 Å². The Morgan fingerprint density at radius 2 is 2.30 bits per heavy atom. The van der Waals surface area contributed by atoms with E-state index in [2.05, 4.69) is 31.6 Å². The molecule has 0 radical (unpaired) electrons. The highest BCUT2D eigenvalue weighted by atomic mass is 79.9. The lowest BCUT2D eigenvalue weighted by atomic mass is 10.2. The van der Waals surface area contributed by atoms with Crippen LogP contribution in [0.4, 0.5) is 4.39 Å². The number of benzene rings is 1. The molecule has 0 aliphatic carbocycles. The first-order chi connectivity index (χ1) is 9.67. The van der Waals surface area contributed by atoms with Crippen molar-refractivity contribution in [3.63, 3.8) is 0 Å². The highest BCUT2D eigenvalue weighted by molar-refractivity contribution is 9.10. The summed E-state index contributed by atoms with van der Waals surface area (Å²) in [5, 5.41) is 7.21. The molecule has 0 aromatic heterocycles. The van der Waals surface area contributed by atoms with E-state index in [0.29, 0.717) is 11.8 Å². The van der Waals surface area contributed by atoms with Gasteiger partial charge < -0.3 is 10.6 Å². The van der Waals surface area contributed by atoms with Crippen LogP contribution in [0.3, 0.4) is 0 Å². The lowest BCUT2D eigenvalue weighted by Crippen LogP contribution is -2.39. The maximum Gasteiger partial charge on any atom is 0.191 e. The molecule has 1 aromatic carbocycles. The number of hydrogen-bond acceptors (Lipinski definition) is 2. The van der Waals surface area contributed by atoms with Crippen LogP contribution >= 0.6 is 27.7 Å². The van der Waals surface area contributed by atoms with Crippen molar-refractivity contribution in [1.82, 2.24) is 10.6 Å². The van der Waals surface area contributed by atoms with E-state index in [9.17, 15) is 4.39 Å². The summed E-state index contributed by atoms with van der Waals surface area (Å²) in [4.78, 5) is 4.19. The highest BCUT2D eigenvalue weighted by Gasteiger charge is 2.15. The maximum absolute atomic E-state index is 13.3. The third-order valence-corrected chi connectivity index (χ3v) is 4.98. The molecule has 0 spiro atoms. The Balaban J connectivity index is 1.80. The van der Waals surface area contributed by atoms with Gasteiger partial charge in [0.2, 0.25) is 0 Å². The van der Waals surface area contributed by atoms with Crippen LogP contribution in [0.15, 0.2) is 27.7 Å². The standard InChI is InChI=1S/C14H19BrFN3S/c1-17-14(19-9-13-3-2-4-20-13)18-8-10-5-11(15)7-12(16)6-10/h5-7,13H,2-4,8-9H2,1H3,(H2,17,18,19). The molecule has 2 rings (SSSR count).